The number of nitrogens with zero attached hydrogens (tertiary/aromatic N) is 1. The highest BCUT2D eigenvalue weighted by atomic mass is 16.5. The van der Waals surface area contributed by atoms with Crippen molar-refractivity contribution in [2.75, 3.05) is 33.4 Å². The van der Waals surface area contributed by atoms with E-state index in [9.17, 15) is 14.4 Å². The van der Waals surface area contributed by atoms with E-state index in [-0.39, 0.29) is 11.3 Å². The Morgan fingerprint density at radius 2 is 1.89 bits per heavy atom. The Morgan fingerprint density at radius 1 is 1.22 bits per heavy atom. The van der Waals surface area contributed by atoms with Crippen LogP contribution in [0, 0.1) is 0 Å². The molecule has 0 N–H and O–H groups in total. The van der Waals surface area contributed by atoms with Crippen molar-refractivity contribution in [1.29, 1.82) is 0 Å². The van der Waals surface area contributed by atoms with Gasteiger partial charge in [-0.25, -0.2) is 0 Å². The maximum absolute atomic E-state index is 12.1. The third-order valence-corrected chi connectivity index (χ3v) is 2.79. The highest BCUT2D eigenvalue weighted by molar-refractivity contribution is 6.30. The van der Waals surface area contributed by atoms with E-state index >= 15 is 0 Å². The number of amides is 1. The first kappa shape index (κ1) is 12.5. The summed E-state index contributed by atoms with van der Waals surface area (Å²) in [5, 5.41) is 0. The molecule has 0 unspecified atom stereocenters. The van der Waals surface area contributed by atoms with Crippen LogP contribution in [0.4, 0.5) is 0 Å². The van der Waals surface area contributed by atoms with Crippen LogP contribution in [0.5, 0.6) is 0 Å². The van der Waals surface area contributed by atoms with Gasteiger partial charge in [0.2, 0.25) is 5.78 Å². The van der Waals surface area contributed by atoms with E-state index < -0.39 is 17.5 Å². The van der Waals surface area contributed by atoms with Crippen molar-refractivity contribution < 1.29 is 23.9 Å². The second-order valence-electron chi connectivity index (χ2n) is 3.90. The van der Waals surface area contributed by atoms with Crippen LogP contribution >= 0.6 is 0 Å². The van der Waals surface area contributed by atoms with Crippen LogP contribution < -0.4 is 0 Å². The molecule has 1 heterocycles. The number of morpholine rings is 1. The first-order valence-electron chi connectivity index (χ1n) is 5.56. The average Bonchev–Trinajstić information content (AvgIpc) is 2.41. The lowest BCUT2D eigenvalue weighted by Crippen LogP contribution is -2.43. The Hall–Kier alpha value is -1.95. The number of carbonyl (C=O) groups is 3. The monoisotopic (exact) mass is 251 g/mol. The van der Waals surface area contributed by atoms with Gasteiger partial charge in [0.15, 0.2) is 11.5 Å². The van der Waals surface area contributed by atoms with Crippen LogP contribution in [0.15, 0.2) is 23.5 Å². The first-order valence-corrected chi connectivity index (χ1v) is 5.56. The maximum atomic E-state index is 12.1. The molecule has 2 aliphatic rings. The SMILES string of the molecule is COC1=CC(=O)C(C(=O)N2CCOCC2)=CC1=O. The molecule has 1 amide bonds. The quantitative estimate of drug-likeness (QED) is 0.486. The van der Waals surface area contributed by atoms with Gasteiger partial charge in [-0.2, -0.15) is 0 Å². The summed E-state index contributed by atoms with van der Waals surface area (Å²) < 4.78 is 9.87. The summed E-state index contributed by atoms with van der Waals surface area (Å²) in [6.45, 7) is 1.75. The van der Waals surface area contributed by atoms with E-state index in [2.05, 4.69) is 0 Å². The fourth-order valence-corrected chi connectivity index (χ4v) is 1.80. The Kier molecular flexibility index (Phi) is 3.57. The van der Waals surface area contributed by atoms with Crippen LogP contribution in [-0.4, -0.2) is 55.8 Å². The predicted octanol–water partition coefficient (Wildman–Crippen LogP) is -0.546. The fourth-order valence-electron chi connectivity index (χ4n) is 1.80. The number of allylic oxidation sites excluding steroid dienone is 2. The lowest BCUT2D eigenvalue weighted by Gasteiger charge is -2.27. The highest BCUT2D eigenvalue weighted by Gasteiger charge is 2.29. The third kappa shape index (κ3) is 2.33. The number of rotatable bonds is 2. The van der Waals surface area contributed by atoms with Crippen molar-refractivity contribution in [2.24, 2.45) is 0 Å². The minimum absolute atomic E-state index is 0.0430. The Bertz CT molecular complexity index is 457. The van der Waals surface area contributed by atoms with Gasteiger partial charge in [0, 0.05) is 25.2 Å². The molecule has 1 fully saturated rings. The second-order valence-corrected chi connectivity index (χ2v) is 3.90. The molecule has 0 aromatic heterocycles. The minimum Gasteiger partial charge on any atom is -0.493 e. The maximum Gasteiger partial charge on any atom is 0.258 e. The van der Waals surface area contributed by atoms with E-state index in [0.29, 0.717) is 26.3 Å². The van der Waals surface area contributed by atoms with Crippen molar-refractivity contribution in [1.82, 2.24) is 4.90 Å². The predicted molar refractivity (Wildman–Crippen MR) is 60.6 cm³/mol. The molecule has 6 heteroatoms. The summed E-state index contributed by atoms with van der Waals surface area (Å²) in [5.74, 6) is -1.43. The summed E-state index contributed by atoms with van der Waals surface area (Å²) in [4.78, 5) is 36.9. The van der Waals surface area contributed by atoms with E-state index in [0.717, 1.165) is 12.2 Å². The standard InChI is InChI=1S/C12H13NO5/c1-17-11-7-9(14)8(6-10(11)15)12(16)13-2-4-18-5-3-13/h6-7H,2-5H2,1H3. The molecule has 1 aliphatic heterocycles. The van der Waals surface area contributed by atoms with Crippen LogP contribution in [0.3, 0.4) is 0 Å². The highest BCUT2D eigenvalue weighted by Crippen LogP contribution is 2.15. The number of carbonyl (C=O) groups excluding carboxylic acids is 3. The van der Waals surface area contributed by atoms with Gasteiger partial charge in [0.25, 0.3) is 5.91 Å². The van der Waals surface area contributed by atoms with Crippen molar-refractivity contribution in [2.45, 2.75) is 0 Å². The summed E-state index contributed by atoms with van der Waals surface area (Å²) >= 11 is 0. The lowest BCUT2D eigenvalue weighted by molar-refractivity contribution is -0.133. The minimum atomic E-state index is -0.497. The smallest absolute Gasteiger partial charge is 0.258 e. The van der Waals surface area contributed by atoms with Crippen molar-refractivity contribution in [3.8, 4) is 0 Å². The summed E-state index contributed by atoms with van der Waals surface area (Å²) in [5.41, 5.74) is -0.109. The summed E-state index contributed by atoms with van der Waals surface area (Å²) in [6.07, 6.45) is 2.09. The topological polar surface area (TPSA) is 72.9 Å². The Morgan fingerprint density at radius 3 is 2.50 bits per heavy atom. The van der Waals surface area contributed by atoms with Gasteiger partial charge in [-0.05, 0) is 0 Å². The molecule has 0 aromatic rings. The van der Waals surface area contributed by atoms with Gasteiger partial charge in [-0.3, -0.25) is 14.4 Å². The van der Waals surface area contributed by atoms with Gasteiger partial charge in [0.1, 0.15) is 0 Å². The molecule has 2 rings (SSSR count). The second kappa shape index (κ2) is 5.14. The summed E-state index contributed by atoms with van der Waals surface area (Å²) in [6, 6.07) is 0. The normalized spacial score (nSPS) is 20.4. The zero-order valence-electron chi connectivity index (χ0n) is 9.97. The molecular formula is C12H13NO5. The molecule has 0 saturated carbocycles. The Labute approximate surface area is 104 Å². The average molecular weight is 251 g/mol. The number of hydrogen-bond donors (Lipinski definition) is 0. The van der Waals surface area contributed by atoms with Crippen LogP contribution in [0.2, 0.25) is 0 Å². The zero-order chi connectivity index (χ0) is 13.1. The van der Waals surface area contributed by atoms with Crippen molar-refractivity contribution in [3.05, 3.63) is 23.5 Å². The number of methoxy groups -OCH3 is 1. The van der Waals surface area contributed by atoms with Gasteiger partial charge in [-0.1, -0.05) is 0 Å². The van der Waals surface area contributed by atoms with E-state index in [1.165, 1.54) is 12.0 Å². The molecule has 0 bridgehead atoms. The molecule has 0 atom stereocenters. The molecular weight excluding hydrogens is 238 g/mol. The molecule has 6 nitrogen and oxygen atoms in total. The van der Waals surface area contributed by atoms with Gasteiger partial charge in [0.05, 0.1) is 25.9 Å². The Balaban J connectivity index is 2.16. The zero-order valence-corrected chi connectivity index (χ0v) is 9.97. The molecule has 1 aliphatic carbocycles. The molecule has 0 aromatic carbocycles. The largest absolute Gasteiger partial charge is 0.493 e. The fraction of sp³-hybridized carbons (Fsp3) is 0.417. The lowest BCUT2D eigenvalue weighted by atomic mass is 10.0. The van der Waals surface area contributed by atoms with Crippen LogP contribution in [-0.2, 0) is 23.9 Å². The molecule has 0 radical (unpaired) electrons. The third-order valence-electron chi connectivity index (χ3n) is 2.79. The van der Waals surface area contributed by atoms with Gasteiger partial charge >= 0.3 is 0 Å². The van der Waals surface area contributed by atoms with Crippen molar-refractivity contribution in [3.63, 3.8) is 0 Å². The van der Waals surface area contributed by atoms with Crippen molar-refractivity contribution >= 4 is 17.5 Å². The first-order chi connectivity index (χ1) is 8.63. The van der Waals surface area contributed by atoms with Gasteiger partial charge < -0.3 is 14.4 Å². The van der Waals surface area contributed by atoms with Gasteiger partial charge in [-0.15, -0.1) is 0 Å². The molecule has 96 valence electrons. The number of hydrogen-bond acceptors (Lipinski definition) is 5. The van der Waals surface area contributed by atoms with Crippen LogP contribution in [0.25, 0.3) is 0 Å². The van der Waals surface area contributed by atoms with E-state index in [4.69, 9.17) is 9.47 Å². The van der Waals surface area contributed by atoms with E-state index in [1.807, 2.05) is 0 Å². The molecule has 0 spiro atoms. The number of ether oxygens (including phenoxy) is 2. The van der Waals surface area contributed by atoms with Crippen LogP contribution in [0.1, 0.15) is 0 Å². The summed E-state index contributed by atoms with van der Waals surface area (Å²) in [7, 11) is 1.31. The van der Waals surface area contributed by atoms with E-state index in [1.54, 1.807) is 0 Å². The molecule has 18 heavy (non-hydrogen) atoms. The molecule has 1 saturated heterocycles. The number of ketones is 2.